The highest BCUT2D eigenvalue weighted by molar-refractivity contribution is 7.53. The van der Waals surface area contributed by atoms with E-state index in [1.54, 1.807) is 0 Å². The van der Waals surface area contributed by atoms with Gasteiger partial charge in [0.1, 0.15) is 0 Å². The zero-order valence-corrected chi connectivity index (χ0v) is 7.40. The molecule has 0 saturated heterocycles. The van der Waals surface area contributed by atoms with Gasteiger partial charge in [0.15, 0.2) is 0 Å². The fraction of sp³-hybridized carbons (Fsp3) is 1.00. The summed E-state index contributed by atoms with van der Waals surface area (Å²) in [5.74, 6) is 0. The van der Waals surface area contributed by atoms with Crippen molar-refractivity contribution in [1.82, 2.24) is 0 Å². The van der Waals surface area contributed by atoms with Gasteiger partial charge >= 0.3 is 13.3 Å². The average Bonchev–Trinajstić information content (AvgIpc) is 1.58. The van der Waals surface area contributed by atoms with Crippen LogP contribution in [0.5, 0.6) is 0 Å². The Morgan fingerprint density at radius 2 is 1.45 bits per heavy atom. The molecule has 0 atom stereocenters. The Balaban J connectivity index is 4.91. The van der Waals surface area contributed by atoms with Gasteiger partial charge in [-0.25, -0.2) is 0 Å². The Kier molecular flexibility index (Phi) is 2.51. The van der Waals surface area contributed by atoms with Crippen molar-refractivity contribution in [2.24, 2.45) is 5.41 Å². The molecule has 11 heavy (non-hydrogen) atoms. The van der Waals surface area contributed by atoms with Crippen LogP contribution in [0, 0.1) is 5.41 Å². The third-order valence-corrected chi connectivity index (χ3v) is 2.67. The molecular weight excluding hydrogens is 177 g/mol. The van der Waals surface area contributed by atoms with Crippen LogP contribution >= 0.6 is 7.60 Å². The highest BCUT2D eigenvalue weighted by atomic mass is 31.2. The van der Waals surface area contributed by atoms with Crippen molar-refractivity contribution in [3.63, 3.8) is 0 Å². The molecular formula is C5H11F2O3P. The van der Waals surface area contributed by atoms with Crippen molar-refractivity contribution in [2.45, 2.75) is 26.4 Å². The van der Waals surface area contributed by atoms with Crippen molar-refractivity contribution in [3.8, 4) is 0 Å². The van der Waals surface area contributed by atoms with Gasteiger partial charge in [-0.05, 0) is 0 Å². The second-order valence-corrected chi connectivity index (χ2v) is 4.99. The molecule has 0 aromatic carbocycles. The van der Waals surface area contributed by atoms with E-state index in [1.807, 2.05) is 0 Å². The third-order valence-electron chi connectivity index (χ3n) is 1.27. The summed E-state index contributed by atoms with van der Waals surface area (Å²) in [6, 6.07) is 0. The maximum absolute atomic E-state index is 12.7. The first-order valence-electron chi connectivity index (χ1n) is 2.93. The lowest BCUT2D eigenvalue weighted by Gasteiger charge is -2.30. The highest BCUT2D eigenvalue weighted by Gasteiger charge is 2.57. The molecule has 0 bridgehead atoms. The van der Waals surface area contributed by atoms with Gasteiger partial charge in [0.05, 0.1) is 0 Å². The van der Waals surface area contributed by atoms with Gasteiger partial charge in [0, 0.05) is 5.41 Å². The van der Waals surface area contributed by atoms with Crippen LogP contribution in [0.1, 0.15) is 20.8 Å². The van der Waals surface area contributed by atoms with Crippen molar-refractivity contribution in [3.05, 3.63) is 0 Å². The standard InChI is InChI=1S/C5H11F2O3P/c1-4(2,3)5(6,7)11(8,9)10/h1-3H3,(H2,8,9,10). The molecule has 0 saturated carbocycles. The molecule has 0 radical (unpaired) electrons. The summed E-state index contributed by atoms with van der Waals surface area (Å²) in [6.07, 6.45) is 0. The minimum absolute atomic E-state index is 1.08. The molecule has 0 aromatic heterocycles. The van der Waals surface area contributed by atoms with E-state index < -0.39 is 18.7 Å². The largest absolute Gasteiger partial charge is 0.395 e. The Morgan fingerprint density at radius 1 is 1.18 bits per heavy atom. The van der Waals surface area contributed by atoms with Crippen LogP contribution in [0.2, 0.25) is 0 Å². The van der Waals surface area contributed by atoms with Crippen molar-refractivity contribution < 1.29 is 23.1 Å². The number of hydrogen-bond donors (Lipinski definition) is 2. The van der Waals surface area contributed by atoms with Gasteiger partial charge < -0.3 is 9.79 Å². The molecule has 0 amide bonds. The molecule has 3 nitrogen and oxygen atoms in total. The Hall–Kier alpha value is 0.01000. The van der Waals surface area contributed by atoms with Gasteiger partial charge in [0.2, 0.25) is 0 Å². The van der Waals surface area contributed by atoms with Crippen LogP contribution in [-0.2, 0) is 4.57 Å². The summed E-state index contributed by atoms with van der Waals surface area (Å²) in [5, 5.41) is 0. The summed E-state index contributed by atoms with van der Waals surface area (Å²) < 4.78 is 35.6. The van der Waals surface area contributed by atoms with Crippen LogP contribution in [0.15, 0.2) is 0 Å². The molecule has 0 heterocycles. The first-order valence-corrected chi connectivity index (χ1v) is 4.55. The Bertz CT molecular complexity index is 190. The van der Waals surface area contributed by atoms with Crippen LogP contribution in [0.25, 0.3) is 0 Å². The fourth-order valence-corrected chi connectivity index (χ4v) is 1.31. The molecule has 0 rings (SSSR count). The summed E-state index contributed by atoms with van der Waals surface area (Å²) in [4.78, 5) is 16.5. The van der Waals surface area contributed by atoms with Crippen molar-refractivity contribution in [2.75, 3.05) is 0 Å². The van der Waals surface area contributed by atoms with Crippen LogP contribution in [-0.4, -0.2) is 15.5 Å². The second kappa shape index (κ2) is 2.51. The molecule has 0 aliphatic rings. The van der Waals surface area contributed by atoms with Gasteiger partial charge in [-0.1, -0.05) is 20.8 Å². The van der Waals surface area contributed by atoms with E-state index in [1.165, 1.54) is 0 Å². The molecule has 0 spiro atoms. The van der Waals surface area contributed by atoms with Crippen LogP contribution in [0.4, 0.5) is 8.78 Å². The summed E-state index contributed by atoms with van der Waals surface area (Å²) in [5.41, 5.74) is -5.67. The quantitative estimate of drug-likeness (QED) is 0.617. The molecule has 6 heteroatoms. The first-order chi connectivity index (χ1) is 4.50. The third kappa shape index (κ3) is 1.98. The minimum atomic E-state index is -5.32. The van der Waals surface area contributed by atoms with Crippen LogP contribution in [0.3, 0.4) is 0 Å². The fourth-order valence-electron chi connectivity index (χ4n) is 0.437. The van der Waals surface area contributed by atoms with E-state index in [9.17, 15) is 13.3 Å². The maximum atomic E-state index is 12.7. The molecule has 0 aliphatic carbocycles. The van der Waals surface area contributed by atoms with E-state index in [0.29, 0.717) is 0 Å². The lowest BCUT2D eigenvalue weighted by atomic mass is 9.97. The summed E-state index contributed by atoms with van der Waals surface area (Å²) >= 11 is 0. The normalized spacial score (nSPS) is 15.2. The van der Waals surface area contributed by atoms with Gasteiger partial charge in [-0.2, -0.15) is 8.78 Å². The predicted molar refractivity (Wildman–Crippen MR) is 36.4 cm³/mol. The molecule has 68 valence electrons. The summed E-state index contributed by atoms with van der Waals surface area (Å²) in [6.45, 7) is 3.23. The molecule has 0 aliphatic heterocycles. The lowest BCUT2D eigenvalue weighted by Crippen LogP contribution is -2.33. The smallest absolute Gasteiger partial charge is 0.320 e. The molecule has 0 fully saturated rings. The van der Waals surface area contributed by atoms with Gasteiger partial charge in [-0.15, -0.1) is 0 Å². The number of rotatable bonds is 1. The maximum Gasteiger partial charge on any atom is 0.395 e. The van der Waals surface area contributed by atoms with E-state index in [-0.39, 0.29) is 0 Å². The van der Waals surface area contributed by atoms with E-state index in [0.717, 1.165) is 20.8 Å². The topological polar surface area (TPSA) is 57.5 Å². The zero-order valence-electron chi connectivity index (χ0n) is 6.51. The van der Waals surface area contributed by atoms with E-state index in [2.05, 4.69) is 0 Å². The van der Waals surface area contributed by atoms with Gasteiger partial charge in [0.25, 0.3) is 0 Å². The summed E-state index contributed by atoms with van der Waals surface area (Å²) in [7, 11) is -5.32. The predicted octanol–water partition coefficient (Wildman–Crippen LogP) is 1.80. The SMILES string of the molecule is CC(C)(C)C(F)(F)P(=O)(O)O. The van der Waals surface area contributed by atoms with Crippen LogP contribution < -0.4 is 0 Å². The number of alkyl halides is 2. The Morgan fingerprint density at radius 3 is 1.45 bits per heavy atom. The lowest BCUT2D eigenvalue weighted by molar-refractivity contribution is -0.0382. The number of halogens is 2. The van der Waals surface area contributed by atoms with Gasteiger partial charge in [-0.3, -0.25) is 4.57 Å². The molecule has 0 unspecified atom stereocenters. The van der Waals surface area contributed by atoms with E-state index >= 15 is 0 Å². The Labute approximate surface area is 63.6 Å². The first kappa shape index (κ1) is 11.0. The zero-order chi connectivity index (χ0) is 9.50. The molecule has 2 N–H and O–H groups in total. The van der Waals surface area contributed by atoms with Crippen molar-refractivity contribution in [1.29, 1.82) is 0 Å². The average molecular weight is 188 g/mol. The highest BCUT2D eigenvalue weighted by Crippen LogP contribution is 2.60. The second-order valence-electron chi connectivity index (χ2n) is 3.34. The monoisotopic (exact) mass is 188 g/mol. The number of hydrogen-bond acceptors (Lipinski definition) is 1. The minimum Gasteiger partial charge on any atom is -0.320 e. The molecule has 0 aromatic rings. The van der Waals surface area contributed by atoms with E-state index in [4.69, 9.17) is 9.79 Å². The van der Waals surface area contributed by atoms with Crippen molar-refractivity contribution >= 4 is 7.60 Å².